The highest BCUT2D eigenvalue weighted by Crippen LogP contribution is 2.28. The van der Waals surface area contributed by atoms with Crippen LogP contribution < -0.4 is 10.2 Å². The van der Waals surface area contributed by atoms with Gasteiger partial charge in [-0.2, -0.15) is 5.10 Å². The first-order valence-corrected chi connectivity index (χ1v) is 10.8. The molecule has 4 rings (SSSR count). The van der Waals surface area contributed by atoms with Crippen LogP contribution in [0.15, 0.2) is 99.8 Å². The van der Waals surface area contributed by atoms with Gasteiger partial charge in [0, 0.05) is 14.8 Å². The number of hydrogen-bond acceptors (Lipinski definition) is 4. The third-order valence-corrected chi connectivity index (χ3v) is 5.89. The van der Waals surface area contributed by atoms with E-state index >= 15 is 0 Å². The molecule has 0 unspecified atom stereocenters. The number of halogens is 1. The number of hydrazone groups is 1. The van der Waals surface area contributed by atoms with E-state index in [0.29, 0.717) is 11.3 Å². The molecule has 1 N–H and O–H groups in total. The van der Waals surface area contributed by atoms with Crippen molar-refractivity contribution in [3.8, 4) is 5.75 Å². The van der Waals surface area contributed by atoms with Crippen molar-refractivity contribution in [2.45, 2.75) is 9.79 Å². The van der Waals surface area contributed by atoms with E-state index in [-0.39, 0.29) is 5.91 Å². The van der Waals surface area contributed by atoms with Gasteiger partial charge in [-0.1, -0.05) is 59.8 Å². The second-order valence-electron chi connectivity index (χ2n) is 6.72. The maximum absolute atomic E-state index is 12.6. The summed E-state index contributed by atoms with van der Waals surface area (Å²) in [6, 6.07) is 27.1. The highest BCUT2D eigenvalue weighted by Gasteiger charge is 2.13. The van der Waals surface area contributed by atoms with Gasteiger partial charge >= 0.3 is 0 Å². The maximum atomic E-state index is 12.6. The van der Waals surface area contributed by atoms with Crippen LogP contribution in [0.25, 0.3) is 10.8 Å². The van der Waals surface area contributed by atoms with Crippen LogP contribution in [0.3, 0.4) is 0 Å². The van der Waals surface area contributed by atoms with Gasteiger partial charge in [-0.25, -0.2) is 5.43 Å². The lowest BCUT2D eigenvalue weighted by Crippen LogP contribution is -2.18. The number of carbonyl (C=O) groups excluding carboxylic acids is 1. The van der Waals surface area contributed by atoms with Gasteiger partial charge in [-0.3, -0.25) is 4.79 Å². The Bertz CT molecular complexity index is 1240. The van der Waals surface area contributed by atoms with Gasteiger partial charge in [0.1, 0.15) is 5.75 Å². The van der Waals surface area contributed by atoms with Crippen molar-refractivity contribution in [2.75, 3.05) is 7.11 Å². The molecule has 6 heteroatoms. The molecule has 154 valence electrons. The van der Waals surface area contributed by atoms with E-state index in [1.807, 2.05) is 84.9 Å². The van der Waals surface area contributed by atoms with Crippen molar-refractivity contribution >= 4 is 46.3 Å². The summed E-state index contributed by atoms with van der Waals surface area (Å²) < 4.78 is 5.39. The normalized spacial score (nSPS) is 11.0. The van der Waals surface area contributed by atoms with Crippen molar-refractivity contribution in [2.24, 2.45) is 5.10 Å². The molecule has 0 saturated heterocycles. The van der Waals surface area contributed by atoms with Gasteiger partial charge in [-0.15, -0.1) is 0 Å². The fraction of sp³-hybridized carbons (Fsp3) is 0.0400. The van der Waals surface area contributed by atoms with Gasteiger partial charge < -0.3 is 4.74 Å². The Kier molecular flexibility index (Phi) is 6.55. The number of nitrogens with zero attached hydrogens (tertiary/aromatic N) is 1. The monoisotopic (exact) mass is 446 g/mol. The Hall–Kier alpha value is -3.28. The third kappa shape index (κ3) is 5.26. The van der Waals surface area contributed by atoms with Crippen molar-refractivity contribution in [3.63, 3.8) is 0 Å². The number of amides is 1. The predicted molar refractivity (Wildman–Crippen MR) is 128 cm³/mol. The summed E-state index contributed by atoms with van der Waals surface area (Å²) >= 11 is 7.58. The zero-order valence-electron chi connectivity index (χ0n) is 16.7. The molecule has 0 aliphatic carbocycles. The van der Waals surface area contributed by atoms with Gasteiger partial charge in [0.05, 0.1) is 18.9 Å². The molecule has 0 bridgehead atoms. The standard InChI is InChI=1S/C25H19ClN2O2S/c1-30-24-15-19-5-3-2-4-18(19)14-23(24)25(29)28-27-16-17-6-10-21(11-7-17)31-22-12-8-20(26)9-13-22/h2-16H,1H3,(H,28,29)/b27-16-. The lowest BCUT2D eigenvalue weighted by Gasteiger charge is -2.09. The summed E-state index contributed by atoms with van der Waals surface area (Å²) in [4.78, 5) is 14.8. The van der Waals surface area contributed by atoms with Gasteiger partial charge in [0.2, 0.25) is 0 Å². The molecule has 4 nitrogen and oxygen atoms in total. The SMILES string of the molecule is COc1cc2ccccc2cc1C(=O)N/N=C\c1ccc(Sc2ccc(Cl)cc2)cc1. The Balaban J connectivity index is 1.42. The second-order valence-corrected chi connectivity index (χ2v) is 8.31. The number of benzene rings is 4. The molecule has 4 aromatic carbocycles. The van der Waals surface area contributed by atoms with Crippen LogP contribution in [-0.4, -0.2) is 19.2 Å². The van der Waals surface area contributed by atoms with Crippen LogP contribution >= 0.6 is 23.4 Å². The molecule has 0 aliphatic rings. The van der Waals surface area contributed by atoms with E-state index in [1.165, 1.54) is 0 Å². The number of methoxy groups -OCH3 is 1. The van der Waals surface area contributed by atoms with Crippen LogP contribution in [0.2, 0.25) is 5.02 Å². The second kappa shape index (κ2) is 9.69. The van der Waals surface area contributed by atoms with E-state index in [9.17, 15) is 4.79 Å². The lowest BCUT2D eigenvalue weighted by atomic mass is 10.1. The van der Waals surface area contributed by atoms with E-state index in [2.05, 4.69) is 10.5 Å². The van der Waals surface area contributed by atoms with Crippen LogP contribution in [-0.2, 0) is 0 Å². The highest BCUT2D eigenvalue weighted by molar-refractivity contribution is 7.99. The Morgan fingerprint density at radius 1 is 0.935 bits per heavy atom. The highest BCUT2D eigenvalue weighted by atomic mass is 35.5. The summed E-state index contributed by atoms with van der Waals surface area (Å²) in [6.45, 7) is 0. The number of rotatable bonds is 6. The summed E-state index contributed by atoms with van der Waals surface area (Å²) in [6.07, 6.45) is 1.61. The fourth-order valence-electron chi connectivity index (χ4n) is 3.05. The first-order valence-electron chi connectivity index (χ1n) is 9.56. The molecule has 0 aliphatic heterocycles. The minimum Gasteiger partial charge on any atom is -0.496 e. The van der Waals surface area contributed by atoms with Crippen LogP contribution in [0, 0.1) is 0 Å². The van der Waals surface area contributed by atoms with Gasteiger partial charge in [-0.05, 0) is 64.9 Å². The molecule has 4 aromatic rings. The predicted octanol–water partition coefficient (Wildman–Crippen LogP) is 6.42. The molecule has 0 aromatic heterocycles. The number of fused-ring (bicyclic) bond motifs is 1. The van der Waals surface area contributed by atoms with Crippen LogP contribution in [0.1, 0.15) is 15.9 Å². The molecular formula is C25H19ClN2O2S. The lowest BCUT2D eigenvalue weighted by molar-refractivity contribution is 0.0952. The molecule has 31 heavy (non-hydrogen) atoms. The Morgan fingerprint density at radius 2 is 1.55 bits per heavy atom. The molecular weight excluding hydrogens is 428 g/mol. The van der Waals surface area contributed by atoms with Gasteiger partial charge in [0.25, 0.3) is 5.91 Å². The molecule has 1 amide bonds. The number of carbonyl (C=O) groups is 1. The van der Waals surface area contributed by atoms with Gasteiger partial charge in [0.15, 0.2) is 0 Å². The molecule has 0 radical (unpaired) electrons. The summed E-state index contributed by atoms with van der Waals surface area (Å²) in [5.41, 5.74) is 3.90. The zero-order chi connectivity index (χ0) is 21.6. The van der Waals surface area contributed by atoms with Crippen molar-refractivity contribution < 1.29 is 9.53 Å². The first kappa shape index (κ1) is 21.0. The number of nitrogens with one attached hydrogen (secondary N) is 1. The average Bonchev–Trinajstić information content (AvgIpc) is 2.80. The van der Waals surface area contributed by atoms with Crippen molar-refractivity contribution in [1.82, 2.24) is 5.43 Å². The average molecular weight is 447 g/mol. The molecule has 0 spiro atoms. The van der Waals surface area contributed by atoms with Crippen LogP contribution in [0.5, 0.6) is 5.75 Å². The third-order valence-electron chi connectivity index (χ3n) is 4.62. The van der Waals surface area contributed by atoms with E-state index in [0.717, 1.165) is 31.1 Å². The number of hydrogen-bond donors (Lipinski definition) is 1. The molecule has 0 saturated carbocycles. The summed E-state index contributed by atoms with van der Waals surface area (Å²) in [5.74, 6) is 0.184. The zero-order valence-corrected chi connectivity index (χ0v) is 18.3. The van der Waals surface area contributed by atoms with Crippen molar-refractivity contribution in [3.05, 3.63) is 101 Å². The Morgan fingerprint density at radius 3 is 2.19 bits per heavy atom. The molecule has 0 fully saturated rings. The fourth-order valence-corrected chi connectivity index (χ4v) is 3.99. The largest absolute Gasteiger partial charge is 0.496 e. The quantitative estimate of drug-likeness (QED) is 0.275. The summed E-state index contributed by atoms with van der Waals surface area (Å²) in [7, 11) is 1.55. The van der Waals surface area contributed by atoms with E-state index in [1.54, 1.807) is 25.1 Å². The van der Waals surface area contributed by atoms with Crippen LogP contribution in [0.4, 0.5) is 0 Å². The van der Waals surface area contributed by atoms with E-state index < -0.39 is 0 Å². The van der Waals surface area contributed by atoms with Crippen molar-refractivity contribution in [1.29, 1.82) is 0 Å². The smallest absolute Gasteiger partial charge is 0.275 e. The minimum absolute atomic E-state index is 0.325. The maximum Gasteiger partial charge on any atom is 0.275 e. The topological polar surface area (TPSA) is 50.7 Å². The van der Waals surface area contributed by atoms with E-state index in [4.69, 9.17) is 16.3 Å². The Labute approximate surface area is 189 Å². The summed E-state index contributed by atoms with van der Waals surface area (Å²) in [5, 5.41) is 6.79. The number of ether oxygens (including phenoxy) is 1. The minimum atomic E-state index is -0.325. The molecule has 0 atom stereocenters. The first-order chi connectivity index (χ1) is 15.1. The molecule has 0 heterocycles.